The summed E-state index contributed by atoms with van der Waals surface area (Å²) in [5, 5.41) is 29.7. The smallest absolute Gasteiger partial charge is 0.314 e. The molecule has 0 radical (unpaired) electrons. The average Bonchev–Trinajstić information content (AvgIpc) is 1.62. The molecule has 0 bridgehead atoms. The Morgan fingerprint density at radius 3 is 1.20 bits per heavy atom. The topological polar surface area (TPSA) is 115 Å². The third-order valence-corrected chi connectivity index (χ3v) is 0.302. The lowest BCUT2D eigenvalue weighted by Crippen LogP contribution is -2.03. The van der Waals surface area contributed by atoms with Crippen molar-refractivity contribution in [2.45, 2.75) is 6.42 Å². The third kappa shape index (κ3) is 28.8. The number of hydrogen-bond donors (Lipinski definition) is 4. The molecule has 6 heteroatoms. The number of aliphatic hydroxyl groups is 2. The summed E-state index contributed by atoms with van der Waals surface area (Å²) in [6.07, 6.45) is -0.806. The lowest BCUT2D eigenvalue weighted by atomic mass is 10.5. The van der Waals surface area contributed by atoms with E-state index in [9.17, 15) is 9.59 Å². The summed E-state index contributed by atoms with van der Waals surface area (Å²) in [6, 6.07) is 0. The normalized spacial score (nSPS) is 7.40. The molecule has 0 aliphatic carbocycles. The van der Waals surface area contributed by atoms with Crippen LogP contribution in [0.4, 0.5) is 0 Å². The van der Waals surface area contributed by atoms with Crippen LogP contribution < -0.4 is 0 Å². The molecule has 0 rings (SSSR count). The van der Waals surface area contributed by atoms with Crippen LogP contribution in [0.3, 0.4) is 0 Å². The lowest BCUT2D eigenvalue weighted by Gasteiger charge is -1.80. The van der Waals surface area contributed by atoms with Gasteiger partial charge in [0.1, 0.15) is 13.2 Å². The molecule has 0 aliphatic rings. The zero-order valence-corrected chi connectivity index (χ0v) is 5.02. The molecule has 10 heavy (non-hydrogen) atoms. The predicted octanol–water partition coefficient (Wildman–Crippen LogP) is -1.53. The van der Waals surface area contributed by atoms with Crippen LogP contribution in [0.25, 0.3) is 0 Å². The van der Waals surface area contributed by atoms with Crippen LogP contribution in [-0.4, -0.2) is 39.2 Å². The maximum atomic E-state index is 9.43. The summed E-state index contributed by atoms with van der Waals surface area (Å²) in [5.74, 6) is -2.62. The van der Waals surface area contributed by atoms with E-state index in [4.69, 9.17) is 20.4 Å². The van der Waals surface area contributed by atoms with E-state index in [0.29, 0.717) is 0 Å². The van der Waals surface area contributed by atoms with Crippen LogP contribution in [0.15, 0.2) is 0 Å². The van der Waals surface area contributed by atoms with Crippen LogP contribution >= 0.6 is 0 Å². The van der Waals surface area contributed by atoms with Gasteiger partial charge in [0.15, 0.2) is 0 Å². The minimum Gasteiger partial charge on any atom is -0.481 e. The summed E-state index contributed by atoms with van der Waals surface area (Å²) in [7, 11) is 0. The van der Waals surface area contributed by atoms with Crippen LogP contribution in [0.5, 0.6) is 0 Å². The molecule has 0 aliphatic heterocycles. The van der Waals surface area contributed by atoms with E-state index < -0.39 is 25.2 Å². The quantitative estimate of drug-likeness (QED) is 0.282. The molecule has 0 amide bonds. The summed E-state index contributed by atoms with van der Waals surface area (Å²) in [6.45, 7) is -0.750. The van der Waals surface area contributed by atoms with Gasteiger partial charge in [0, 0.05) is 0 Å². The van der Waals surface area contributed by atoms with Crippen molar-refractivity contribution >= 4 is 11.9 Å². The Labute approximate surface area is 56.3 Å². The van der Waals surface area contributed by atoms with Gasteiger partial charge in [-0.3, -0.25) is 9.59 Å². The van der Waals surface area contributed by atoms with Crippen molar-refractivity contribution in [1.82, 2.24) is 0 Å². The number of carbonyl (C=O) groups is 2. The van der Waals surface area contributed by atoms with Gasteiger partial charge in [-0.25, -0.2) is 0 Å². The van der Waals surface area contributed by atoms with Gasteiger partial charge in [0.25, 0.3) is 0 Å². The first-order chi connectivity index (χ1) is 4.54. The molecule has 0 spiro atoms. The molecule has 0 atom stereocenters. The van der Waals surface area contributed by atoms with Crippen molar-refractivity contribution in [3.8, 4) is 0 Å². The monoisotopic (exact) mass is 152 g/mol. The van der Waals surface area contributed by atoms with E-state index >= 15 is 0 Å². The van der Waals surface area contributed by atoms with Gasteiger partial charge in [0.05, 0.1) is 0 Å². The molecule has 60 valence electrons. The highest BCUT2D eigenvalue weighted by Crippen LogP contribution is 1.74. The standard InChI is InChI=1S/C3H4O4.CH4O2/c4-2(5)1-3(6)7;2-1-3/h1H2,(H,4,5)(H,6,7);2-3H,1H2. The maximum Gasteiger partial charge on any atom is 0.314 e. The van der Waals surface area contributed by atoms with Crippen LogP contribution in [-0.2, 0) is 9.59 Å². The van der Waals surface area contributed by atoms with E-state index in [0.717, 1.165) is 0 Å². The molecule has 0 saturated carbocycles. The van der Waals surface area contributed by atoms with E-state index in [1.165, 1.54) is 0 Å². The lowest BCUT2D eigenvalue weighted by molar-refractivity contribution is -0.147. The Morgan fingerprint density at radius 2 is 1.20 bits per heavy atom. The van der Waals surface area contributed by atoms with Gasteiger partial charge in [-0.2, -0.15) is 0 Å². The highest BCUT2D eigenvalue weighted by Gasteiger charge is 2.01. The van der Waals surface area contributed by atoms with Gasteiger partial charge in [0.2, 0.25) is 0 Å². The zero-order chi connectivity index (χ0) is 8.57. The van der Waals surface area contributed by atoms with Gasteiger partial charge in [-0.1, -0.05) is 0 Å². The van der Waals surface area contributed by atoms with Gasteiger partial charge < -0.3 is 20.4 Å². The zero-order valence-electron chi connectivity index (χ0n) is 5.02. The second-order valence-electron chi connectivity index (χ2n) is 1.11. The van der Waals surface area contributed by atoms with E-state index in [1.807, 2.05) is 0 Å². The van der Waals surface area contributed by atoms with Crippen LogP contribution in [0.1, 0.15) is 6.42 Å². The number of hydrogen-bond acceptors (Lipinski definition) is 4. The maximum absolute atomic E-state index is 9.43. The Kier molecular flexibility index (Phi) is 9.14. The van der Waals surface area contributed by atoms with E-state index in [-0.39, 0.29) is 0 Å². The predicted molar refractivity (Wildman–Crippen MR) is 29.2 cm³/mol. The Balaban J connectivity index is 0. The largest absolute Gasteiger partial charge is 0.481 e. The fourth-order valence-corrected chi connectivity index (χ4v) is 0.129. The number of aliphatic hydroxyl groups excluding tert-OH is 1. The molecule has 6 nitrogen and oxygen atoms in total. The van der Waals surface area contributed by atoms with Crippen molar-refractivity contribution < 1.29 is 30.0 Å². The number of aliphatic carboxylic acids is 2. The highest BCUT2D eigenvalue weighted by atomic mass is 16.5. The molecule has 0 aromatic rings. The molecule has 4 N–H and O–H groups in total. The van der Waals surface area contributed by atoms with Crippen molar-refractivity contribution in [3.05, 3.63) is 0 Å². The molecule has 0 heterocycles. The minimum atomic E-state index is -1.31. The van der Waals surface area contributed by atoms with Crippen molar-refractivity contribution in [3.63, 3.8) is 0 Å². The summed E-state index contributed by atoms with van der Waals surface area (Å²) < 4.78 is 0. The molecular weight excluding hydrogens is 144 g/mol. The number of carboxylic acid groups (broad SMARTS) is 2. The van der Waals surface area contributed by atoms with Crippen molar-refractivity contribution in [2.24, 2.45) is 0 Å². The number of carboxylic acids is 2. The summed E-state index contributed by atoms with van der Waals surface area (Å²) in [5.41, 5.74) is 0. The minimum absolute atomic E-state index is 0.750. The fraction of sp³-hybridized carbons (Fsp3) is 0.500. The highest BCUT2D eigenvalue weighted by molar-refractivity contribution is 5.88. The molecule has 0 aromatic carbocycles. The second kappa shape index (κ2) is 7.86. The fourth-order valence-electron chi connectivity index (χ4n) is 0.129. The molecular formula is C4H8O6. The number of rotatable bonds is 2. The summed E-state index contributed by atoms with van der Waals surface area (Å²) >= 11 is 0. The van der Waals surface area contributed by atoms with Crippen molar-refractivity contribution in [1.29, 1.82) is 0 Å². The van der Waals surface area contributed by atoms with E-state index in [2.05, 4.69) is 0 Å². The molecule has 0 fully saturated rings. The first kappa shape index (κ1) is 11.6. The SMILES string of the molecule is O=C(O)CC(=O)O.OCO. The molecule has 0 saturated heterocycles. The van der Waals surface area contributed by atoms with Crippen molar-refractivity contribution in [2.75, 3.05) is 6.79 Å². The van der Waals surface area contributed by atoms with Gasteiger partial charge >= 0.3 is 11.9 Å². The molecule has 0 unspecified atom stereocenters. The van der Waals surface area contributed by atoms with Crippen LogP contribution in [0.2, 0.25) is 0 Å². The Morgan fingerprint density at radius 1 is 1.00 bits per heavy atom. The third-order valence-electron chi connectivity index (χ3n) is 0.302. The molecule has 0 aromatic heterocycles. The van der Waals surface area contributed by atoms with Gasteiger partial charge in [-0.05, 0) is 0 Å². The van der Waals surface area contributed by atoms with Gasteiger partial charge in [-0.15, -0.1) is 0 Å². The van der Waals surface area contributed by atoms with Crippen LogP contribution in [0, 0.1) is 0 Å². The first-order valence-corrected chi connectivity index (χ1v) is 2.20. The Hall–Kier alpha value is -1.14. The second-order valence-corrected chi connectivity index (χ2v) is 1.11. The Bertz CT molecular complexity index is 96.3. The summed E-state index contributed by atoms with van der Waals surface area (Å²) in [4.78, 5) is 18.9. The first-order valence-electron chi connectivity index (χ1n) is 2.20. The average molecular weight is 152 g/mol. The van der Waals surface area contributed by atoms with E-state index in [1.54, 1.807) is 0 Å².